The van der Waals surface area contributed by atoms with Gasteiger partial charge in [0.2, 0.25) is 5.16 Å². The van der Waals surface area contributed by atoms with E-state index in [1.165, 1.54) is 22.4 Å². The number of nitrogens with zero attached hydrogens (tertiary/aromatic N) is 4. The number of aryl methyl sites for hydroxylation is 1. The molecule has 0 unspecified atom stereocenters. The fourth-order valence-electron chi connectivity index (χ4n) is 3.98. The predicted molar refractivity (Wildman–Crippen MR) is 108 cm³/mol. The molecule has 1 aliphatic heterocycles. The second kappa shape index (κ2) is 6.27. The van der Waals surface area contributed by atoms with Crippen molar-refractivity contribution in [1.82, 2.24) is 19.6 Å². The van der Waals surface area contributed by atoms with E-state index in [0.29, 0.717) is 11.7 Å². The van der Waals surface area contributed by atoms with Crippen LogP contribution in [-0.2, 0) is 0 Å². The SMILES string of the molecule is CCSc1nc2nccc(-c3cc4c(cc3C)NC(C)(C)C[C@H]4C)n2n1. The van der Waals surface area contributed by atoms with Gasteiger partial charge in [-0.3, -0.25) is 0 Å². The van der Waals surface area contributed by atoms with Gasteiger partial charge in [0.1, 0.15) is 0 Å². The van der Waals surface area contributed by atoms with Crippen LogP contribution < -0.4 is 5.32 Å². The van der Waals surface area contributed by atoms with Crippen molar-refractivity contribution >= 4 is 23.2 Å². The summed E-state index contributed by atoms with van der Waals surface area (Å²) in [6.07, 6.45) is 2.94. The molecule has 1 aliphatic rings. The van der Waals surface area contributed by atoms with Crippen LogP contribution >= 0.6 is 11.8 Å². The maximum atomic E-state index is 4.66. The first-order valence-electron chi connectivity index (χ1n) is 9.15. The minimum Gasteiger partial charge on any atom is -0.380 e. The number of hydrogen-bond donors (Lipinski definition) is 1. The van der Waals surface area contributed by atoms with Crippen LogP contribution in [0.5, 0.6) is 0 Å². The van der Waals surface area contributed by atoms with Gasteiger partial charge in [-0.25, -0.2) is 4.98 Å². The number of nitrogens with one attached hydrogen (secondary N) is 1. The molecule has 0 saturated carbocycles. The summed E-state index contributed by atoms with van der Waals surface area (Å²) in [7, 11) is 0. The zero-order chi connectivity index (χ0) is 18.5. The highest BCUT2D eigenvalue weighted by molar-refractivity contribution is 7.99. The van der Waals surface area contributed by atoms with Crippen molar-refractivity contribution in [2.45, 2.75) is 57.7 Å². The molecule has 3 aromatic rings. The van der Waals surface area contributed by atoms with Gasteiger partial charge in [0.15, 0.2) is 0 Å². The maximum absolute atomic E-state index is 4.66. The van der Waals surface area contributed by atoms with Crippen LogP contribution in [0.4, 0.5) is 5.69 Å². The third kappa shape index (κ3) is 2.96. The van der Waals surface area contributed by atoms with Gasteiger partial charge in [-0.2, -0.15) is 9.50 Å². The second-order valence-electron chi connectivity index (χ2n) is 7.74. The summed E-state index contributed by atoms with van der Waals surface area (Å²) in [5.41, 5.74) is 6.22. The van der Waals surface area contributed by atoms with Gasteiger partial charge in [0.25, 0.3) is 5.78 Å². The van der Waals surface area contributed by atoms with E-state index < -0.39 is 0 Å². The van der Waals surface area contributed by atoms with Crippen LogP contribution in [0, 0.1) is 6.92 Å². The third-order valence-electron chi connectivity index (χ3n) is 4.99. The summed E-state index contributed by atoms with van der Waals surface area (Å²) < 4.78 is 1.87. The van der Waals surface area contributed by atoms with Crippen molar-refractivity contribution in [2.24, 2.45) is 0 Å². The zero-order valence-corrected chi connectivity index (χ0v) is 16.8. The number of aromatic nitrogens is 4. The second-order valence-corrected chi connectivity index (χ2v) is 8.97. The minimum atomic E-state index is 0.127. The lowest BCUT2D eigenvalue weighted by molar-refractivity contribution is 0.454. The first-order valence-corrected chi connectivity index (χ1v) is 10.1. The summed E-state index contributed by atoms with van der Waals surface area (Å²) in [6.45, 7) is 11.1. The first-order chi connectivity index (χ1) is 12.4. The smallest absolute Gasteiger partial charge is 0.253 e. The molecule has 0 spiro atoms. The van der Waals surface area contributed by atoms with Crippen LogP contribution in [0.15, 0.2) is 29.6 Å². The lowest BCUT2D eigenvalue weighted by Gasteiger charge is -2.38. The number of hydrogen-bond acceptors (Lipinski definition) is 5. The van der Waals surface area contributed by atoms with Crippen molar-refractivity contribution in [2.75, 3.05) is 11.1 Å². The molecule has 26 heavy (non-hydrogen) atoms. The molecule has 1 N–H and O–H groups in total. The van der Waals surface area contributed by atoms with Crippen molar-refractivity contribution in [1.29, 1.82) is 0 Å². The molecule has 6 heteroatoms. The highest BCUT2D eigenvalue weighted by atomic mass is 32.2. The van der Waals surface area contributed by atoms with Crippen molar-refractivity contribution in [3.63, 3.8) is 0 Å². The summed E-state index contributed by atoms with van der Waals surface area (Å²) in [6, 6.07) is 6.62. The van der Waals surface area contributed by atoms with Gasteiger partial charge in [0, 0.05) is 23.0 Å². The molecular weight excluding hydrogens is 342 g/mol. The number of benzene rings is 1. The Morgan fingerprint density at radius 1 is 1.35 bits per heavy atom. The molecule has 1 atom stereocenters. The van der Waals surface area contributed by atoms with Gasteiger partial charge in [-0.05, 0) is 68.2 Å². The van der Waals surface area contributed by atoms with E-state index >= 15 is 0 Å². The van der Waals surface area contributed by atoms with Gasteiger partial charge >= 0.3 is 0 Å². The average Bonchev–Trinajstić information content (AvgIpc) is 2.96. The Morgan fingerprint density at radius 2 is 2.15 bits per heavy atom. The standard InChI is InChI=1S/C20H25N5S/c1-6-26-19-22-18-21-8-7-17(25(18)24-19)15-10-14-13(3)11-20(4,5)23-16(14)9-12(15)2/h7-10,13,23H,6,11H2,1-5H3/t13-/m1/s1. The molecule has 136 valence electrons. The predicted octanol–water partition coefficient (Wildman–Crippen LogP) is 4.91. The van der Waals surface area contributed by atoms with Crippen LogP contribution in [0.1, 0.15) is 51.2 Å². The zero-order valence-electron chi connectivity index (χ0n) is 16.0. The maximum Gasteiger partial charge on any atom is 0.253 e. The van der Waals surface area contributed by atoms with Crippen molar-refractivity contribution in [3.8, 4) is 11.3 Å². The van der Waals surface area contributed by atoms with Crippen LogP contribution in [0.3, 0.4) is 0 Å². The number of fused-ring (bicyclic) bond motifs is 2. The highest BCUT2D eigenvalue weighted by Crippen LogP contribution is 2.41. The van der Waals surface area contributed by atoms with Gasteiger partial charge in [-0.1, -0.05) is 25.6 Å². The molecule has 0 radical (unpaired) electrons. The average molecular weight is 368 g/mol. The lowest BCUT2D eigenvalue weighted by atomic mass is 9.80. The highest BCUT2D eigenvalue weighted by Gasteiger charge is 2.30. The van der Waals surface area contributed by atoms with E-state index in [4.69, 9.17) is 0 Å². The fraction of sp³-hybridized carbons (Fsp3) is 0.450. The van der Waals surface area contributed by atoms with E-state index in [1.807, 2.05) is 16.8 Å². The third-order valence-corrected chi connectivity index (χ3v) is 5.71. The molecule has 0 bridgehead atoms. The fourth-order valence-corrected chi connectivity index (χ4v) is 4.52. The van der Waals surface area contributed by atoms with Gasteiger partial charge in [0.05, 0.1) is 5.69 Å². The number of anilines is 1. The Kier molecular flexibility index (Phi) is 4.18. The molecule has 3 heterocycles. The minimum absolute atomic E-state index is 0.127. The monoisotopic (exact) mass is 367 g/mol. The largest absolute Gasteiger partial charge is 0.380 e. The van der Waals surface area contributed by atoms with Crippen LogP contribution in [0.2, 0.25) is 0 Å². The Balaban J connectivity index is 1.87. The quantitative estimate of drug-likeness (QED) is 0.667. The normalized spacial score (nSPS) is 18.6. The van der Waals surface area contributed by atoms with E-state index in [1.54, 1.807) is 11.8 Å². The molecule has 0 amide bonds. The van der Waals surface area contributed by atoms with Gasteiger partial charge in [-0.15, -0.1) is 5.10 Å². The van der Waals surface area contributed by atoms with Crippen LogP contribution in [0.25, 0.3) is 17.0 Å². The number of thioether (sulfide) groups is 1. The van der Waals surface area contributed by atoms with Crippen LogP contribution in [-0.4, -0.2) is 30.9 Å². The molecular formula is C20H25N5S. The Labute approximate surface area is 158 Å². The summed E-state index contributed by atoms with van der Waals surface area (Å²) in [4.78, 5) is 8.92. The van der Waals surface area contributed by atoms with E-state index in [0.717, 1.165) is 23.0 Å². The Morgan fingerprint density at radius 3 is 2.92 bits per heavy atom. The first kappa shape index (κ1) is 17.3. The summed E-state index contributed by atoms with van der Waals surface area (Å²) >= 11 is 1.64. The number of rotatable bonds is 3. The molecule has 4 rings (SSSR count). The molecule has 0 aliphatic carbocycles. The topological polar surface area (TPSA) is 55.1 Å². The molecule has 5 nitrogen and oxygen atoms in total. The molecule has 1 aromatic carbocycles. The molecule has 0 fully saturated rings. The lowest BCUT2D eigenvalue weighted by Crippen LogP contribution is -2.36. The summed E-state index contributed by atoms with van der Waals surface area (Å²) in [5.74, 6) is 2.12. The molecule has 0 saturated heterocycles. The van der Waals surface area contributed by atoms with Crippen molar-refractivity contribution < 1.29 is 0 Å². The van der Waals surface area contributed by atoms with Gasteiger partial charge < -0.3 is 5.32 Å². The van der Waals surface area contributed by atoms with E-state index in [-0.39, 0.29) is 5.54 Å². The Bertz CT molecular complexity index is 976. The van der Waals surface area contributed by atoms with Crippen molar-refractivity contribution in [3.05, 3.63) is 35.5 Å². The summed E-state index contributed by atoms with van der Waals surface area (Å²) in [5, 5.41) is 9.14. The van der Waals surface area contributed by atoms with E-state index in [2.05, 4.69) is 67.1 Å². The molecule has 2 aromatic heterocycles. The van der Waals surface area contributed by atoms with E-state index in [9.17, 15) is 0 Å². The Hall–Kier alpha value is -2.08.